The number of carbonyl (C=O) groups is 1. The Kier molecular flexibility index (Phi) is 6.54. The summed E-state index contributed by atoms with van der Waals surface area (Å²) in [6, 6.07) is 9.00. The molecule has 1 saturated heterocycles. The van der Waals surface area contributed by atoms with Crippen LogP contribution in [0.5, 0.6) is 0 Å². The summed E-state index contributed by atoms with van der Waals surface area (Å²) in [7, 11) is 0. The molecular formula is C22H31N3O2. The molecular weight excluding hydrogens is 338 g/mol. The Balaban J connectivity index is 1.77. The van der Waals surface area contributed by atoms with Gasteiger partial charge in [0, 0.05) is 25.3 Å². The van der Waals surface area contributed by atoms with E-state index in [4.69, 9.17) is 9.73 Å². The second-order valence-electron chi connectivity index (χ2n) is 7.13. The van der Waals surface area contributed by atoms with Crippen molar-refractivity contribution in [2.75, 3.05) is 24.5 Å². The summed E-state index contributed by atoms with van der Waals surface area (Å²) in [6.07, 6.45) is 7.70. The van der Waals surface area contributed by atoms with Crippen LogP contribution in [0.3, 0.4) is 0 Å². The van der Waals surface area contributed by atoms with Gasteiger partial charge in [-0.15, -0.1) is 0 Å². The van der Waals surface area contributed by atoms with Crippen LogP contribution < -0.4 is 4.90 Å². The number of ether oxygens (including phenoxy) is 1. The first kappa shape index (κ1) is 19.5. The number of rotatable bonds is 6. The minimum absolute atomic E-state index is 0.0973. The predicted molar refractivity (Wildman–Crippen MR) is 111 cm³/mol. The summed E-state index contributed by atoms with van der Waals surface area (Å²) < 4.78 is 5.88. The van der Waals surface area contributed by atoms with Crippen LogP contribution in [0.25, 0.3) is 6.08 Å². The lowest BCUT2D eigenvalue weighted by molar-refractivity contribution is -0.122. The molecule has 0 atom stereocenters. The average Bonchev–Trinajstić information content (AvgIpc) is 2.99. The standard InChI is InChI=1S/C22H31N3O2/c1-4-24(5-2)19-14-12-17(13-15-19)16-20-21(26)25(6-3)22(27-20)23-18-10-8-7-9-11-18/h12-16,18H,4-11H2,1-3H3/b20-16+,23-22+. The second-order valence-corrected chi connectivity index (χ2v) is 7.13. The fourth-order valence-corrected chi connectivity index (χ4v) is 3.77. The number of anilines is 1. The van der Waals surface area contributed by atoms with Gasteiger partial charge in [0.05, 0.1) is 6.04 Å². The minimum atomic E-state index is -0.0973. The highest BCUT2D eigenvalue weighted by Crippen LogP contribution is 2.25. The third-order valence-electron chi connectivity index (χ3n) is 5.39. The first-order valence-electron chi connectivity index (χ1n) is 10.3. The SMILES string of the molecule is CCN1C(=O)/C(=C\c2ccc(N(CC)CC)cc2)O/C1=N/C1CCCCC1. The Morgan fingerprint density at radius 1 is 1.11 bits per heavy atom. The Hall–Kier alpha value is -2.30. The zero-order valence-corrected chi connectivity index (χ0v) is 16.8. The highest BCUT2D eigenvalue weighted by Gasteiger charge is 2.34. The summed E-state index contributed by atoms with van der Waals surface area (Å²) >= 11 is 0. The van der Waals surface area contributed by atoms with Crippen LogP contribution in [0.1, 0.15) is 58.4 Å². The lowest BCUT2D eigenvalue weighted by Gasteiger charge is -2.20. The van der Waals surface area contributed by atoms with E-state index in [0.29, 0.717) is 18.3 Å². The molecule has 0 radical (unpaired) electrons. The zero-order valence-electron chi connectivity index (χ0n) is 16.8. The summed E-state index contributed by atoms with van der Waals surface area (Å²) in [5.41, 5.74) is 2.15. The normalized spacial score (nSPS) is 21.1. The van der Waals surface area contributed by atoms with Crippen molar-refractivity contribution >= 4 is 23.7 Å². The highest BCUT2D eigenvalue weighted by atomic mass is 16.5. The van der Waals surface area contributed by atoms with Crippen molar-refractivity contribution in [3.63, 3.8) is 0 Å². The van der Waals surface area contributed by atoms with E-state index in [2.05, 4.69) is 30.9 Å². The number of amides is 1. The van der Waals surface area contributed by atoms with Gasteiger partial charge in [0.1, 0.15) is 0 Å². The van der Waals surface area contributed by atoms with Gasteiger partial charge in [-0.05, 0) is 57.4 Å². The fourth-order valence-electron chi connectivity index (χ4n) is 3.77. The molecule has 3 rings (SSSR count). The molecule has 1 heterocycles. The monoisotopic (exact) mass is 369 g/mol. The van der Waals surface area contributed by atoms with Gasteiger partial charge in [-0.3, -0.25) is 9.69 Å². The van der Waals surface area contributed by atoms with E-state index < -0.39 is 0 Å². The topological polar surface area (TPSA) is 45.1 Å². The molecule has 1 aromatic rings. The summed E-state index contributed by atoms with van der Waals surface area (Å²) in [6.45, 7) is 8.78. The van der Waals surface area contributed by atoms with Gasteiger partial charge >= 0.3 is 6.02 Å². The lowest BCUT2D eigenvalue weighted by Crippen LogP contribution is -2.30. The molecule has 0 bridgehead atoms. The van der Waals surface area contributed by atoms with Crippen molar-refractivity contribution in [2.24, 2.45) is 4.99 Å². The summed E-state index contributed by atoms with van der Waals surface area (Å²) in [5.74, 6) is 0.266. The Bertz CT molecular complexity index is 699. The molecule has 1 saturated carbocycles. The molecule has 1 amide bonds. The van der Waals surface area contributed by atoms with E-state index in [1.165, 1.54) is 24.9 Å². The van der Waals surface area contributed by atoms with Crippen LogP contribution in [0.15, 0.2) is 35.0 Å². The fraction of sp³-hybridized carbons (Fsp3) is 0.545. The van der Waals surface area contributed by atoms with Crippen molar-refractivity contribution in [2.45, 2.75) is 58.9 Å². The number of carbonyl (C=O) groups excluding carboxylic acids is 1. The molecule has 0 aromatic heterocycles. The molecule has 0 N–H and O–H groups in total. The Labute approximate surface area is 162 Å². The number of amidine groups is 1. The summed E-state index contributed by atoms with van der Waals surface area (Å²) in [4.78, 5) is 21.4. The number of likely N-dealkylation sites (N-methyl/N-ethyl adjacent to an activating group) is 1. The van der Waals surface area contributed by atoms with Crippen LogP contribution in [0.2, 0.25) is 0 Å². The van der Waals surface area contributed by atoms with Gasteiger partial charge in [0.2, 0.25) is 0 Å². The number of nitrogens with zero attached hydrogens (tertiary/aromatic N) is 3. The average molecular weight is 370 g/mol. The molecule has 5 heteroatoms. The molecule has 1 aliphatic carbocycles. The van der Waals surface area contributed by atoms with Crippen molar-refractivity contribution in [1.29, 1.82) is 0 Å². The van der Waals surface area contributed by atoms with E-state index >= 15 is 0 Å². The molecule has 0 unspecified atom stereocenters. The first-order chi connectivity index (χ1) is 13.2. The molecule has 27 heavy (non-hydrogen) atoms. The zero-order chi connectivity index (χ0) is 19.2. The Morgan fingerprint density at radius 2 is 1.78 bits per heavy atom. The largest absolute Gasteiger partial charge is 0.420 e. The van der Waals surface area contributed by atoms with E-state index in [0.717, 1.165) is 31.5 Å². The maximum absolute atomic E-state index is 12.7. The smallest absolute Gasteiger partial charge is 0.300 e. The van der Waals surface area contributed by atoms with Crippen LogP contribution in [-0.2, 0) is 9.53 Å². The van der Waals surface area contributed by atoms with E-state index in [9.17, 15) is 4.79 Å². The van der Waals surface area contributed by atoms with Gasteiger partial charge in [0.15, 0.2) is 5.76 Å². The van der Waals surface area contributed by atoms with Crippen molar-refractivity contribution in [1.82, 2.24) is 4.90 Å². The van der Waals surface area contributed by atoms with E-state index in [1.54, 1.807) is 4.90 Å². The van der Waals surface area contributed by atoms with Gasteiger partial charge in [-0.25, -0.2) is 4.99 Å². The number of benzene rings is 1. The molecule has 2 fully saturated rings. The lowest BCUT2D eigenvalue weighted by atomic mass is 9.96. The van der Waals surface area contributed by atoms with Crippen LogP contribution in [-0.4, -0.2) is 42.5 Å². The summed E-state index contributed by atoms with van der Waals surface area (Å²) in [5, 5.41) is 0. The molecule has 0 spiro atoms. The Morgan fingerprint density at radius 3 is 2.37 bits per heavy atom. The van der Waals surface area contributed by atoms with E-state index in [1.807, 2.05) is 25.1 Å². The third-order valence-corrected chi connectivity index (χ3v) is 5.39. The molecule has 146 valence electrons. The minimum Gasteiger partial charge on any atom is -0.420 e. The van der Waals surface area contributed by atoms with E-state index in [-0.39, 0.29) is 11.9 Å². The quantitative estimate of drug-likeness (QED) is 0.696. The number of hydrogen-bond acceptors (Lipinski definition) is 4. The van der Waals surface area contributed by atoms with Crippen molar-refractivity contribution in [3.8, 4) is 0 Å². The van der Waals surface area contributed by atoms with Gasteiger partial charge in [-0.2, -0.15) is 0 Å². The number of hydrogen-bond donors (Lipinski definition) is 0. The van der Waals surface area contributed by atoms with Gasteiger partial charge in [0.25, 0.3) is 5.91 Å². The molecule has 5 nitrogen and oxygen atoms in total. The molecule has 1 aliphatic heterocycles. The molecule has 1 aromatic carbocycles. The van der Waals surface area contributed by atoms with Crippen molar-refractivity contribution in [3.05, 3.63) is 35.6 Å². The maximum atomic E-state index is 12.7. The third kappa shape index (κ3) is 4.52. The second kappa shape index (κ2) is 9.07. The maximum Gasteiger partial charge on any atom is 0.300 e. The molecule has 2 aliphatic rings. The van der Waals surface area contributed by atoms with Crippen LogP contribution in [0.4, 0.5) is 5.69 Å². The van der Waals surface area contributed by atoms with Crippen LogP contribution in [0, 0.1) is 0 Å². The van der Waals surface area contributed by atoms with Gasteiger partial charge in [-0.1, -0.05) is 31.4 Å². The van der Waals surface area contributed by atoms with Crippen molar-refractivity contribution < 1.29 is 9.53 Å². The highest BCUT2D eigenvalue weighted by molar-refractivity contribution is 6.11. The predicted octanol–water partition coefficient (Wildman–Crippen LogP) is 4.44. The van der Waals surface area contributed by atoms with Crippen LogP contribution >= 0.6 is 0 Å². The number of aliphatic imine (C=N–C) groups is 1. The van der Waals surface area contributed by atoms with Gasteiger partial charge < -0.3 is 9.64 Å². The first-order valence-corrected chi connectivity index (χ1v) is 10.3.